The molecule has 0 N–H and O–H groups in total. The zero-order valence-corrected chi connectivity index (χ0v) is 15.7. The smallest absolute Gasteiger partial charge is 0.234 e. The minimum Gasteiger partial charge on any atom is -0.616 e. The molecule has 2 aromatic heterocycles. The molecule has 0 aromatic carbocycles. The number of carbonyl (C=O) groups is 1. The molecule has 3 unspecified atom stereocenters. The van der Waals surface area contributed by atoms with E-state index in [-0.39, 0.29) is 22.2 Å². The van der Waals surface area contributed by atoms with Crippen LogP contribution >= 0.6 is 11.6 Å². The van der Waals surface area contributed by atoms with Crippen LogP contribution in [0.5, 0.6) is 0 Å². The highest BCUT2D eigenvalue weighted by atomic mass is 35.5. The van der Waals surface area contributed by atoms with E-state index in [2.05, 4.69) is 10.1 Å². The Balaban J connectivity index is 2.31. The van der Waals surface area contributed by atoms with Crippen molar-refractivity contribution in [2.45, 2.75) is 26.0 Å². The second-order valence-corrected chi connectivity index (χ2v) is 7.63. The third kappa shape index (κ3) is 3.91. The first-order valence-electron chi connectivity index (χ1n) is 7.66. The quantitative estimate of drug-likeness (QED) is 0.735. The lowest BCUT2D eigenvalue weighted by atomic mass is 10.1. The number of hydrogen-bond acceptors (Lipinski definition) is 4. The van der Waals surface area contributed by atoms with Crippen LogP contribution in [0.25, 0.3) is 5.69 Å². The van der Waals surface area contributed by atoms with Crippen LogP contribution in [-0.2, 0) is 16.0 Å². The molecule has 2 aromatic rings. The molecule has 24 heavy (non-hydrogen) atoms. The number of amides is 1. The van der Waals surface area contributed by atoms with Crippen LogP contribution in [0.3, 0.4) is 0 Å². The van der Waals surface area contributed by atoms with E-state index in [1.165, 1.54) is 0 Å². The molecule has 0 spiro atoms. The molecule has 0 saturated carbocycles. The molecule has 1 amide bonds. The molecular weight excluding hydrogens is 348 g/mol. The number of anilines is 1. The predicted molar refractivity (Wildman–Crippen MR) is 97.1 cm³/mol. The Morgan fingerprint density at radius 3 is 2.75 bits per heavy atom. The molecule has 2 heterocycles. The van der Waals surface area contributed by atoms with Gasteiger partial charge in [-0.15, -0.1) is 0 Å². The maximum absolute atomic E-state index is 12.8. The van der Waals surface area contributed by atoms with Crippen molar-refractivity contribution >= 4 is 34.4 Å². The van der Waals surface area contributed by atoms with Gasteiger partial charge in [-0.25, -0.2) is 4.68 Å². The van der Waals surface area contributed by atoms with Gasteiger partial charge in [-0.2, -0.15) is 5.10 Å². The van der Waals surface area contributed by atoms with Crippen LogP contribution < -0.4 is 4.90 Å². The summed E-state index contributed by atoms with van der Waals surface area (Å²) >= 11 is 5.18. The lowest BCUT2D eigenvalue weighted by Gasteiger charge is -2.26. The monoisotopic (exact) mass is 368 g/mol. The molecule has 6 nitrogen and oxygen atoms in total. The average molecular weight is 369 g/mol. The van der Waals surface area contributed by atoms with Crippen molar-refractivity contribution in [3.63, 3.8) is 0 Å². The van der Waals surface area contributed by atoms with Crippen LogP contribution in [0, 0.1) is 5.92 Å². The van der Waals surface area contributed by atoms with E-state index in [0.717, 1.165) is 5.69 Å². The van der Waals surface area contributed by atoms with Gasteiger partial charge in [0.05, 0.1) is 30.3 Å². The summed E-state index contributed by atoms with van der Waals surface area (Å²) in [5, 5.41) is 4.26. The van der Waals surface area contributed by atoms with Gasteiger partial charge in [-0.05, 0) is 32.9 Å². The van der Waals surface area contributed by atoms with Gasteiger partial charge in [-0.1, -0.05) is 22.8 Å². The first-order chi connectivity index (χ1) is 11.4. The normalized spacial score (nSPS) is 14.9. The highest BCUT2D eigenvalue weighted by Crippen LogP contribution is 2.28. The SMILES string of the molecule is CCN(C(=O)C(C)C(C)[S+](C)[O-])c1cn(-c2cccnc2)nc1Cl. The number of hydrogen-bond donors (Lipinski definition) is 0. The second-order valence-electron chi connectivity index (χ2n) is 5.54. The largest absolute Gasteiger partial charge is 0.616 e. The van der Waals surface area contributed by atoms with Crippen LogP contribution in [0.1, 0.15) is 20.8 Å². The molecule has 8 heteroatoms. The Labute approximate surface area is 150 Å². The summed E-state index contributed by atoms with van der Waals surface area (Å²) in [5.41, 5.74) is 1.29. The minimum atomic E-state index is -1.08. The van der Waals surface area contributed by atoms with Crippen LogP contribution in [0.2, 0.25) is 5.15 Å². The van der Waals surface area contributed by atoms with Crippen LogP contribution in [0.15, 0.2) is 30.7 Å². The van der Waals surface area contributed by atoms with Gasteiger partial charge in [-0.3, -0.25) is 9.78 Å². The number of pyridine rings is 1. The van der Waals surface area contributed by atoms with Crippen LogP contribution in [-0.4, -0.2) is 43.3 Å². The van der Waals surface area contributed by atoms with Gasteiger partial charge < -0.3 is 9.45 Å². The third-order valence-electron chi connectivity index (χ3n) is 4.05. The van der Waals surface area contributed by atoms with E-state index in [4.69, 9.17) is 11.6 Å². The fourth-order valence-electron chi connectivity index (χ4n) is 2.33. The maximum atomic E-state index is 12.8. The fraction of sp³-hybridized carbons (Fsp3) is 0.438. The van der Waals surface area contributed by atoms with E-state index in [1.54, 1.807) is 47.4 Å². The lowest BCUT2D eigenvalue weighted by molar-refractivity contribution is -0.121. The van der Waals surface area contributed by atoms with E-state index in [0.29, 0.717) is 12.2 Å². The molecule has 3 atom stereocenters. The van der Waals surface area contributed by atoms with Crippen molar-refractivity contribution in [2.24, 2.45) is 5.92 Å². The standard InChI is InChI=1S/C16H21ClN4O2S/c1-5-20(16(22)11(2)12(3)24(4)23)14-10-21(19-15(14)17)13-7-6-8-18-9-13/h6-12H,5H2,1-4H3. The molecule has 2 rings (SSSR count). The van der Waals surface area contributed by atoms with E-state index in [1.807, 2.05) is 19.9 Å². The summed E-state index contributed by atoms with van der Waals surface area (Å²) in [4.78, 5) is 18.4. The van der Waals surface area contributed by atoms with Gasteiger partial charge in [0.2, 0.25) is 5.91 Å². The molecule has 0 aliphatic heterocycles. The van der Waals surface area contributed by atoms with Gasteiger partial charge in [0.25, 0.3) is 0 Å². The number of aromatic nitrogens is 3. The summed E-state index contributed by atoms with van der Waals surface area (Å²) in [5.74, 6) is -0.499. The summed E-state index contributed by atoms with van der Waals surface area (Å²) in [6.45, 7) is 5.92. The van der Waals surface area contributed by atoms with Crippen molar-refractivity contribution in [3.05, 3.63) is 35.9 Å². The Morgan fingerprint density at radius 1 is 1.50 bits per heavy atom. The fourth-order valence-corrected chi connectivity index (χ4v) is 3.25. The van der Waals surface area contributed by atoms with Crippen molar-refractivity contribution in [1.29, 1.82) is 0 Å². The van der Waals surface area contributed by atoms with Gasteiger partial charge in [0.15, 0.2) is 5.15 Å². The highest BCUT2D eigenvalue weighted by Gasteiger charge is 2.32. The number of carbonyl (C=O) groups excluding carboxylic acids is 1. The lowest BCUT2D eigenvalue weighted by Crippen LogP contribution is -2.41. The van der Waals surface area contributed by atoms with E-state index < -0.39 is 11.2 Å². The Hall–Kier alpha value is -1.57. The molecule has 0 saturated heterocycles. The highest BCUT2D eigenvalue weighted by molar-refractivity contribution is 7.91. The Bertz CT molecular complexity index is 693. The molecule has 0 aliphatic rings. The number of nitrogens with zero attached hydrogens (tertiary/aromatic N) is 4. The molecule has 0 aliphatic carbocycles. The second kappa shape index (κ2) is 8.00. The zero-order valence-electron chi connectivity index (χ0n) is 14.1. The van der Waals surface area contributed by atoms with Crippen molar-refractivity contribution in [2.75, 3.05) is 17.7 Å². The van der Waals surface area contributed by atoms with E-state index in [9.17, 15) is 9.35 Å². The summed E-state index contributed by atoms with van der Waals surface area (Å²) in [6.07, 6.45) is 6.65. The van der Waals surface area contributed by atoms with Gasteiger partial charge >= 0.3 is 0 Å². The van der Waals surface area contributed by atoms with Crippen molar-refractivity contribution < 1.29 is 9.35 Å². The Morgan fingerprint density at radius 2 is 2.21 bits per heavy atom. The van der Waals surface area contributed by atoms with Gasteiger partial charge in [0.1, 0.15) is 10.9 Å². The number of rotatable bonds is 6. The minimum absolute atomic E-state index is 0.118. The summed E-state index contributed by atoms with van der Waals surface area (Å²) in [7, 11) is 0. The molecular formula is C16H21ClN4O2S. The molecule has 0 radical (unpaired) electrons. The van der Waals surface area contributed by atoms with Crippen LogP contribution in [0.4, 0.5) is 5.69 Å². The van der Waals surface area contributed by atoms with Crippen molar-refractivity contribution in [3.8, 4) is 5.69 Å². The number of halogens is 1. The topological polar surface area (TPSA) is 74.1 Å². The first kappa shape index (κ1) is 18.8. The van der Waals surface area contributed by atoms with E-state index >= 15 is 0 Å². The first-order valence-corrected chi connectivity index (χ1v) is 9.65. The van der Waals surface area contributed by atoms with Gasteiger partial charge in [0, 0.05) is 12.7 Å². The Kier molecular flexibility index (Phi) is 6.26. The average Bonchev–Trinajstić information content (AvgIpc) is 2.96. The molecule has 0 bridgehead atoms. The summed E-state index contributed by atoms with van der Waals surface area (Å²) < 4.78 is 13.3. The summed E-state index contributed by atoms with van der Waals surface area (Å²) in [6, 6.07) is 3.65. The molecule has 130 valence electrons. The third-order valence-corrected chi connectivity index (χ3v) is 5.78. The van der Waals surface area contributed by atoms with Crippen molar-refractivity contribution in [1.82, 2.24) is 14.8 Å². The predicted octanol–water partition coefficient (Wildman–Crippen LogP) is 2.68. The maximum Gasteiger partial charge on any atom is 0.234 e. The molecule has 0 fully saturated rings. The zero-order chi connectivity index (χ0) is 17.9.